The van der Waals surface area contributed by atoms with Crippen LogP contribution in [-0.2, 0) is 11.3 Å². The largest absolute Gasteiger partial charge is 0.496 e. The highest BCUT2D eigenvalue weighted by Crippen LogP contribution is 2.25. The number of anilines is 1. The molecule has 2 aromatic heterocycles. The molecule has 21 heavy (non-hydrogen) atoms. The Bertz CT molecular complexity index is 765. The lowest BCUT2D eigenvalue weighted by atomic mass is 10.1. The Morgan fingerprint density at radius 2 is 2.33 bits per heavy atom. The van der Waals surface area contributed by atoms with Gasteiger partial charge in [-0.05, 0) is 12.1 Å². The third-order valence-electron chi connectivity index (χ3n) is 2.98. The summed E-state index contributed by atoms with van der Waals surface area (Å²) in [5, 5.41) is 1.94. The van der Waals surface area contributed by atoms with Gasteiger partial charge in [0.15, 0.2) is 4.96 Å². The summed E-state index contributed by atoms with van der Waals surface area (Å²) >= 11 is 1.52. The van der Waals surface area contributed by atoms with E-state index in [-0.39, 0.29) is 12.2 Å². The average molecular weight is 303 g/mol. The van der Waals surface area contributed by atoms with Crippen LogP contribution in [0.1, 0.15) is 16.1 Å². The van der Waals surface area contributed by atoms with Gasteiger partial charge in [0.05, 0.1) is 12.8 Å². The van der Waals surface area contributed by atoms with Crippen LogP contribution in [0.3, 0.4) is 0 Å². The summed E-state index contributed by atoms with van der Waals surface area (Å²) in [6.07, 6.45) is 3.72. The predicted octanol–water partition coefficient (Wildman–Crippen LogP) is 2.34. The molecular formula is C14H13N3O3S. The van der Waals surface area contributed by atoms with Gasteiger partial charge in [-0.25, -0.2) is 9.78 Å². The fraction of sp³-hybridized carbons (Fsp3) is 0.143. The van der Waals surface area contributed by atoms with Gasteiger partial charge >= 0.3 is 5.97 Å². The maximum Gasteiger partial charge on any atom is 0.344 e. The number of nitrogens with two attached hydrogens (primary N) is 1. The maximum atomic E-state index is 12.2. The van der Waals surface area contributed by atoms with Gasteiger partial charge in [0, 0.05) is 23.5 Å². The molecule has 108 valence electrons. The number of hydrogen-bond donors (Lipinski definition) is 1. The second-order valence-electron chi connectivity index (χ2n) is 4.33. The molecule has 0 aliphatic rings. The van der Waals surface area contributed by atoms with Crippen LogP contribution in [0.4, 0.5) is 5.69 Å². The number of aromatic nitrogens is 2. The Morgan fingerprint density at radius 1 is 1.48 bits per heavy atom. The average Bonchev–Trinajstić information content (AvgIpc) is 3.05. The zero-order valence-corrected chi connectivity index (χ0v) is 12.1. The van der Waals surface area contributed by atoms with Crippen molar-refractivity contribution in [1.82, 2.24) is 9.38 Å². The number of imidazole rings is 1. The van der Waals surface area contributed by atoms with Crippen molar-refractivity contribution in [1.29, 1.82) is 0 Å². The minimum absolute atomic E-state index is 0.0880. The Labute approximate surface area is 124 Å². The number of fused-ring (bicyclic) bond motifs is 1. The van der Waals surface area contributed by atoms with Gasteiger partial charge in [-0.15, -0.1) is 11.3 Å². The van der Waals surface area contributed by atoms with Crippen molar-refractivity contribution in [3.63, 3.8) is 0 Å². The number of esters is 1. The Morgan fingerprint density at radius 3 is 3.10 bits per heavy atom. The normalized spacial score (nSPS) is 10.7. The zero-order chi connectivity index (χ0) is 14.8. The lowest BCUT2D eigenvalue weighted by Gasteiger charge is -2.10. The summed E-state index contributed by atoms with van der Waals surface area (Å²) < 4.78 is 12.3. The fourth-order valence-electron chi connectivity index (χ4n) is 1.99. The van der Waals surface area contributed by atoms with Gasteiger partial charge in [-0.1, -0.05) is 6.07 Å². The van der Waals surface area contributed by atoms with Crippen molar-refractivity contribution in [3.05, 3.63) is 47.2 Å². The first-order valence-electron chi connectivity index (χ1n) is 6.19. The maximum absolute atomic E-state index is 12.2. The van der Waals surface area contributed by atoms with Crippen LogP contribution >= 0.6 is 11.3 Å². The number of ether oxygens (including phenoxy) is 2. The number of methoxy groups -OCH3 is 1. The van der Waals surface area contributed by atoms with Gasteiger partial charge in [-0.2, -0.15) is 0 Å². The first kappa shape index (κ1) is 13.4. The standard InChI is InChI=1S/C14H13N3O3S/c1-19-11-4-2-3-10(15)12(11)13(18)20-8-9-7-17-5-6-21-14(17)16-9/h2-7H,8,15H2,1H3. The van der Waals surface area contributed by atoms with Crippen LogP contribution in [-0.4, -0.2) is 22.5 Å². The van der Waals surface area contributed by atoms with Crippen LogP contribution in [0, 0.1) is 0 Å². The molecule has 3 aromatic rings. The van der Waals surface area contributed by atoms with E-state index in [2.05, 4.69) is 4.98 Å². The summed E-state index contributed by atoms with van der Waals surface area (Å²) in [6.45, 7) is 0.0880. The minimum Gasteiger partial charge on any atom is -0.496 e. The van der Waals surface area contributed by atoms with E-state index in [1.807, 2.05) is 22.2 Å². The van der Waals surface area contributed by atoms with Crippen LogP contribution < -0.4 is 10.5 Å². The van der Waals surface area contributed by atoms with Crippen molar-refractivity contribution in [2.24, 2.45) is 0 Å². The number of carbonyl (C=O) groups is 1. The first-order chi connectivity index (χ1) is 10.2. The molecule has 0 radical (unpaired) electrons. The monoisotopic (exact) mass is 303 g/mol. The van der Waals surface area contributed by atoms with Gasteiger partial charge in [-0.3, -0.25) is 4.40 Å². The number of benzene rings is 1. The van der Waals surface area contributed by atoms with E-state index in [1.54, 1.807) is 18.2 Å². The summed E-state index contributed by atoms with van der Waals surface area (Å²) in [4.78, 5) is 17.4. The molecule has 0 atom stereocenters. The van der Waals surface area contributed by atoms with Crippen molar-refractivity contribution < 1.29 is 14.3 Å². The van der Waals surface area contributed by atoms with E-state index in [0.717, 1.165) is 4.96 Å². The van der Waals surface area contributed by atoms with Crippen LogP contribution in [0.2, 0.25) is 0 Å². The quantitative estimate of drug-likeness (QED) is 0.591. The number of hydrogen-bond acceptors (Lipinski definition) is 6. The first-order valence-corrected chi connectivity index (χ1v) is 7.07. The second-order valence-corrected chi connectivity index (χ2v) is 5.20. The molecule has 3 rings (SSSR count). The van der Waals surface area contributed by atoms with Gasteiger partial charge in [0.1, 0.15) is 17.9 Å². The number of carbonyl (C=O) groups excluding carboxylic acids is 1. The highest BCUT2D eigenvalue weighted by Gasteiger charge is 2.17. The predicted molar refractivity (Wildman–Crippen MR) is 79.6 cm³/mol. The molecular weight excluding hydrogens is 290 g/mol. The molecule has 7 heteroatoms. The van der Waals surface area contributed by atoms with Crippen molar-refractivity contribution >= 4 is 28.0 Å². The highest BCUT2D eigenvalue weighted by molar-refractivity contribution is 7.15. The van der Waals surface area contributed by atoms with Crippen molar-refractivity contribution in [2.45, 2.75) is 6.61 Å². The lowest BCUT2D eigenvalue weighted by molar-refractivity contribution is 0.0466. The zero-order valence-electron chi connectivity index (χ0n) is 11.3. The second kappa shape index (κ2) is 5.45. The third kappa shape index (κ3) is 2.55. The van der Waals surface area contributed by atoms with Gasteiger partial charge < -0.3 is 15.2 Å². The Hall–Kier alpha value is -2.54. The van der Waals surface area contributed by atoms with Crippen molar-refractivity contribution in [3.8, 4) is 5.75 Å². The topological polar surface area (TPSA) is 78.8 Å². The molecule has 0 aliphatic heterocycles. The molecule has 0 amide bonds. The molecule has 0 spiro atoms. The minimum atomic E-state index is -0.527. The molecule has 1 aromatic carbocycles. The number of nitrogens with zero attached hydrogens (tertiary/aromatic N) is 2. The molecule has 0 aliphatic carbocycles. The lowest BCUT2D eigenvalue weighted by Crippen LogP contribution is -2.10. The van der Waals surface area contributed by atoms with Crippen molar-refractivity contribution in [2.75, 3.05) is 12.8 Å². The summed E-state index contributed by atoms with van der Waals surface area (Å²) in [7, 11) is 1.48. The summed E-state index contributed by atoms with van der Waals surface area (Å²) in [5.41, 5.74) is 7.06. The summed E-state index contributed by atoms with van der Waals surface area (Å²) in [5.74, 6) is -0.132. The van der Waals surface area contributed by atoms with Crippen LogP contribution in [0.15, 0.2) is 36.0 Å². The highest BCUT2D eigenvalue weighted by atomic mass is 32.1. The van der Waals surface area contributed by atoms with Gasteiger partial charge in [0.25, 0.3) is 0 Å². The summed E-state index contributed by atoms with van der Waals surface area (Å²) in [6, 6.07) is 5.01. The van der Waals surface area contributed by atoms with E-state index in [4.69, 9.17) is 15.2 Å². The van der Waals surface area contributed by atoms with Crippen LogP contribution in [0.5, 0.6) is 5.75 Å². The molecule has 2 heterocycles. The molecule has 6 nitrogen and oxygen atoms in total. The molecule has 0 saturated heterocycles. The Kier molecular flexibility index (Phi) is 3.49. The molecule has 0 bridgehead atoms. The molecule has 0 saturated carbocycles. The Balaban J connectivity index is 1.76. The number of thiazole rings is 1. The smallest absolute Gasteiger partial charge is 0.344 e. The molecule has 2 N–H and O–H groups in total. The van der Waals surface area contributed by atoms with E-state index in [1.165, 1.54) is 18.4 Å². The van der Waals surface area contributed by atoms with E-state index < -0.39 is 5.97 Å². The van der Waals surface area contributed by atoms with Crippen LogP contribution in [0.25, 0.3) is 4.96 Å². The molecule has 0 fully saturated rings. The van der Waals surface area contributed by atoms with E-state index >= 15 is 0 Å². The van der Waals surface area contributed by atoms with E-state index in [9.17, 15) is 4.79 Å². The fourth-order valence-corrected chi connectivity index (χ4v) is 2.71. The van der Waals surface area contributed by atoms with E-state index in [0.29, 0.717) is 17.1 Å². The third-order valence-corrected chi connectivity index (χ3v) is 3.75. The molecule has 0 unspecified atom stereocenters. The van der Waals surface area contributed by atoms with Gasteiger partial charge in [0.2, 0.25) is 0 Å². The SMILES string of the molecule is COc1cccc(N)c1C(=O)OCc1cn2ccsc2n1. The number of rotatable bonds is 4. The number of nitrogen functional groups attached to an aromatic ring is 1.